The molecule has 0 aromatic heterocycles. The Morgan fingerprint density at radius 1 is 1.33 bits per heavy atom. The number of piperazine rings is 1. The smallest absolute Gasteiger partial charge is 0.409 e. The molecule has 1 aliphatic rings. The van der Waals surface area contributed by atoms with Gasteiger partial charge in [-0.05, 0) is 14.0 Å². The van der Waals surface area contributed by atoms with E-state index in [1.165, 1.54) is 0 Å². The molecule has 0 atom stereocenters. The summed E-state index contributed by atoms with van der Waals surface area (Å²) in [5.41, 5.74) is 0. The molecule has 1 fully saturated rings. The second-order valence-corrected chi connectivity index (χ2v) is 2.99. The van der Waals surface area contributed by atoms with Gasteiger partial charge in [0.2, 0.25) is 0 Å². The normalized spacial score (nSPS) is 19.3. The summed E-state index contributed by atoms with van der Waals surface area (Å²) in [5.74, 6) is 0. The van der Waals surface area contributed by atoms with Gasteiger partial charge in [-0.2, -0.15) is 0 Å². The van der Waals surface area contributed by atoms with Gasteiger partial charge >= 0.3 is 6.09 Å². The Kier molecular flexibility index (Phi) is 3.34. The van der Waals surface area contributed by atoms with E-state index >= 15 is 0 Å². The van der Waals surface area contributed by atoms with Crippen LogP contribution in [-0.4, -0.2) is 55.7 Å². The number of carbonyl (C=O) groups is 1. The van der Waals surface area contributed by atoms with Crippen molar-refractivity contribution in [3.05, 3.63) is 0 Å². The molecule has 0 saturated carbocycles. The van der Waals surface area contributed by atoms with E-state index in [1.54, 1.807) is 4.90 Å². The summed E-state index contributed by atoms with van der Waals surface area (Å²) in [5, 5.41) is 0. The minimum atomic E-state index is -0.175. The monoisotopic (exact) mass is 172 g/mol. The number of carbonyl (C=O) groups excluding carboxylic acids is 1. The second kappa shape index (κ2) is 4.30. The molecule has 0 aromatic carbocycles. The highest BCUT2D eigenvalue weighted by molar-refractivity contribution is 5.67. The van der Waals surface area contributed by atoms with Crippen LogP contribution in [0, 0.1) is 0 Å². The summed E-state index contributed by atoms with van der Waals surface area (Å²) in [6, 6.07) is 0. The Balaban J connectivity index is 2.29. The van der Waals surface area contributed by atoms with E-state index in [1.807, 2.05) is 6.92 Å². The molecule has 1 saturated heterocycles. The lowest BCUT2D eigenvalue weighted by Crippen LogP contribution is -2.47. The van der Waals surface area contributed by atoms with Gasteiger partial charge in [-0.1, -0.05) is 0 Å². The van der Waals surface area contributed by atoms with Gasteiger partial charge in [-0.15, -0.1) is 0 Å². The van der Waals surface area contributed by atoms with E-state index in [0.29, 0.717) is 6.61 Å². The molecule has 0 spiro atoms. The molecule has 1 heterocycles. The second-order valence-electron chi connectivity index (χ2n) is 2.99. The van der Waals surface area contributed by atoms with Crippen LogP contribution in [0.4, 0.5) is 4.79 Å². The van der Waals surface area contributed by atoms with Crippen LogP contribution in [-0.2, 0) is 4.74 Å². The average molecular weight is 172 g/mol. The Morgan fingerprint density at radius 2 is 1.92 bits per heavy atom. The zero-order valence-electron chi connectivity index (χ0n) is 7.75. The molecule has 0 radical (unpaired) electrons. The molecule has 0 N–H and O–H groups in total. The first-order valence-electron chi connectivity index (χ1n) is 4.34. The third-order valence-corrected chi connectivity index (χ3v) is 2.03. The Labute approximate surface area is 73.1 Å². The lowest BCUT2D eigenvalue weighted by molar-refractivity contribution is 0.0856. The fourth-order valence-corrected chi connectivity index (χ4v) is 1.20. The molecule has 0 bridgehead atoms. The van der Waals surface area contributed by atoms with Crippen LogP contribution in [0.2, 0.25) is 0 Å². The fraction of sp³-hybridized carbons (Fsp3) is 0.875. The van der Waals surface area contributed by atoms with Crippen molar-refractivity contribution in [2.45, 2.75) is 6.92 Å². The van der Waals surface area contributed by atoms with Crippen LogP contribution >= 0.6 is 0 Å². The third kappa shape index (κ3) is 2.37. The Hall–Kier alpha value is -0.770. The number of nitrogens with zero attached hydrogens (tertiary/aromatic N) is 2. The van der Waals surface area contributed by atoms with Crippen LogP contribution in [0.5, 0.6) is 0 Å². The number of hydrogen-bond donors (Lipinski definition) is 0. The Bertz CT molecular complexity index is 153. The first-order chi connectivity index (χ1) is 5.74. The lowest BCUT2D eigenvalue weighted by atomic mass is 10.3. The van der Waals surface area contributed by atoms with E-state index in [0.717, 1.165) is 26.2 Å². The van der Waals surface area contributed by atoms with E-state index < -0.39 is 0 Å². The zero-order valence-corrected chi connectivity index (χ0v) is 7.75. The van der Waals surface area contributed by atoms with Crippen molar-refractivity contribution in [3.63, 3.8) is 0 Å². The van der Waals surface area contributed by atoms with Gasteiger partial charge in [0.1, 0.15) is 0 Å². The molecular formula is C8H16N2O2. The highest BCUT2D eigenvalue weighted by atomic mass is 16.6. The standard InChI is InChI=1S/C8H16N2O2/c1-3-12-8(11)10-6-4-9(2)5-7-10/h3-7H2,1-2H3. The topological polar surface area (TPSA) is 32.8 Å². The van der Waals surface area contributed by atoms with Crippen LogP contribution in [0.15, 0.2) is 0 Å². The minimum absolute atomic E-state index is 0.175. The summed E-state index contributed by atoms with van der Waals surface area (Å²) < 4.78 is 4.89. The van der Waals surface area contributed by atoms with Gasteiger partial charge in [0.05, 0.1) is 6.61 Å². The first kappa shape index (κ1) is 9.32. The SMILES string of the molecule is CCOC(=O)N1CCN(C)CC1. The first-order valence-corrected chi connectivity index (χ1v) is 4.34. The van der Waals surface area contributed by atoms with Crippen molar-refractivity contribution >= 4 is 6.09 Å². The van der Waals surface area contributed by atoms with Crippen LogP contribution < -0.4 is 0 Å². The molecule has 1 amide bonds. The van der Waals surface area contributed by atoms with Crippen LogP contribution in [0.3, 0.4) is 0 Å². The average Bonchev–Trinajstić information content (AvgIpc) is 2.06. The van der Waals surface area contributed by atoms with Gasteiger partial charge in [0, 0.05) is 26.2 Å². The molecular weight excluding hydrogens is 156 g/mol. The summed E-state index contributed by atoms with van der Waals surface area (Å²) in [6.07, 6.45) is -0.175. The predicted octanol–water partition coefficient (Wildman–Crippen LogP) is 0.390. The molecule has 4 nitrogen and oxygen atoms in total. The zero-order chi connectivity index (χ0) is 8.97. The number of ether oxygens (including phenoxy) is 1. The van der Waals surface area contributed by atoms with Crippen molar-refractivity contribution in [1.29, 1.82) is 0 Å². The van der Waals surface area contributed by atoms with Crippen LogP contribution in [0.25, 0.3) is 0 Å². The molecule has 1 rings (SSSR count). The maximum Gasteiger partial charge on any atom is 0.409 e. The quantitative estimate of drug-likeness (QED) is 0.573. The van der Waals surface area contributed by atoms with Gasteiger partial charge in [0.25, 0.3) is 0 Å². The molecule has 0 aromatic rings. The predicted molar refractivity (Wildman–Crippen MR) is 46.1 cm³/mol. The molecule has 70 valence electrons. The summed E-state index contributed by atoms with van der Waals surface area (Å²) in [6.45, 7) is 5.75. The molecule has 4 heteroatoms. The van der Waals surface area contributed by atoms with Gasteiger partial charge in [0.15, 0.2) is 0 Å². The highest BCUT2D eigenvalue weighted by Crippen LogP contribution is 2.00. The van der Waals surface area contributed by atoms with Crippen molar-refractivity contribution in [2.24, 2.45) is 0 Å². The molecule has 1 aliphatic heterocycles. The van der Waals surface area contributed by atoms with Crippen molar-refractivity contribution in [3.8, 4) is 0 Å². The van der Waals surface area contributed by atoms with Gasteiger partial charge in [-0.3, -0.25) is 0 Å². The van der Waals surface area contributed by atoms with Crippen molar-refractivity contribution in [1.82, 2.24) is 9.80 Å². The summed E-state index contributed by atoms with van der Waals surface area (Å²) >= 11 is 0. The lowest BCUT2D eigenvalue weighted by Gasteiger charge is -2.31. The van der Waals surface area contributed by atoms with E-state index in [-0.39, 0.29) is 6.09 Å². The van der Waals surface area contributed by atoms with Crippen molar-refractivity contribution < 1.29 is 9.53 Å². The fourth-order valence-electron chi connectivity index (χ4n) is 1.20. The van der Waals surface area contributed by atoms with E-state index in [9.17, 15) is 4.79 Å². The van der Waals surface area contributed by atoms with Gasteiger partial charge < -0.3 is 14.5 Å². The summed E-state index contributed by atoms with van der Waals surface area (Å²) in [4.78, 5) is 15.1. The van der Waals surface area contributed by atoms with Crippen LogP contribution in [0.1, 0.15) is 6.92 Å². The molecule has 12 heavy (non-hydrogen) atoms. The highest BCUT2D eigenvalue weighted by Gasteiger charge is 2.19. The number of hydrogen-bond acceptors (Lipinski definition) is 3. The third-order valence-electron chi connectivity index (χ3n) is 2.03. The Morgan fingerprint density at radius 3 is 2.42 bits per heavy atom. The van der Waals surface area contributed by atoms with E-state index in [4.69, 9.17) is 4.74 Å². The maximum atomic E-state index is 11.2. The summed E-state index contributed by atoms with van der Waals surface area (Å²) in [7, 11) is 2.06. The van der Waals surface area contributed by atoms with Gasteiger partial charge in [-0.25, -0.2) is 4.79 Å². The maximum absolute atomic E-state index is 11.2. The van der Waals surface area contributed by atoms with Crippen molar-refractivity contribution in [2.75, 3.05) is 39.8 Å². The number of amides is 1. The number of rotatable bonds is 1. The minimum Gasteiger partial charge on any atom is -0.450 e. The van der Waals surface area contributed by atoms with E-state index in [2.05, 4.69) is 11.9 Å². The molecule has 0 aliphatic carbocycles. The largest absolute Gasteiger partial charge is 0.450 e. The molecule has 0 unspecified atom stereocenters. The number of likely N-dealkylation sites (N-methyl/N-ethyl adjacent to an activating group) is 1.